The summed E-state index contributed by atoms with van der Waals surface area (Å²) in [7, 11) is 0. The van der Waals surface area contributed by atoms with E-state index in [-0.39, 0.29) is 5.54 Å². The van der Waals surface area contributed by atoms with Crippen LogP contribution < -0.4 is 9.80 Å². The van der Waals surface area contributed by atoms with Gasteiger partial charge in [-0.05, 0) is 128 Å². The van der Waals surface area contributed by atoms with Crippen molar-refractivity contribution in [1.82, 2.24) is 14.5 Å². The lowest BCUT2D eigenvalue weighted by Gasteiger charge is -2.27. The minimum atomic E-state index is -0.182. The molecule has 5 heterocycles. The van der Waals surface area contributed by atoms with Gasteiger partial charge in [0.05, 0.1) is 21.1 Å². The van der Waals surface area contributed by atoms with Crippen molar-refractivity contribution in [1.29, 1.82) is 0 Å². The molecule has 0 N–H and O–H groups in total. The van der Waals surface area contributed by atoms with Crippen LogP contribution in [0.3, 0.4) is 0 Å². The second-order valence-electron chi connectivity index (χ2n) is 14.8. The average Bonchev–Trinajstić information content (AvgIpc) is 4.04. The van der Waals surface area contributed by atoms with Gasteiger partial charge in [0.15, 0.2) is 0 Å². The monoisotopic (exact) mass is 775 g/mol. The lowest BCUT2D eigenvalue weighted by atomic mass is 10.1. The largest absolute Gasteiger partial charge is 0.334 e. The zero-order chi connectivity index (χ0) is 38.8. The van der Waals surface area contributed by atoms with Gasteiger partial charge < -0.3 is 14.4 Å². The number of hydrogen-bond donors (Lipinski definition) is 0. The highest BCUT2D eigenvalue weighted by molar-refractivity contribution is 7.20. The summed E-state index contributed by atoms with van der Waals surface area (Å²) in [6.07, 6.45) is 7.43. The first-order valence-electron chi connectivity index (χ1n) is 19.0. The fourth-order valence-corrected chi connectivity index (χ4v) is 9.50. The predicted octanol–water partition coefficient (Wildman–Crippen LogP) is 14.8. The van der Waals surface area contributed by atoms with E-state index < -0.39 is 0 Å². The maximum atomic E-state index is 4.32. The van der Waals surface area contributed by atoms with E-state index in [0.717, 1.165) is 32.8 Å². The summed E-state index contributed by atoms with van der Waals surface area (Å²) in [6.45, 7) is 6.87. The van der Waals surface area contributed by atoms with Crippen LogP contribution in [-0.2, 0) is 5.54 Å². The fourth-order valence-electron chi connectivity index (χ4n) is 7.38. The highest BCUT2D eigenvalue weighted by atomic mass is 32.1. The molecule has 4 aromatic carbocycles. The molecular weight excluding hydrogens is 735 g/mol. The molecule has 278 valence electrons. The van der Waals surface area contributed by atoms with E-state index in [1.165, 1.54) is 43.4 Å². The smallest absolute Gasteiger partial charge is 0.101 e. The normalized spacial score (nSPS) is 11.4. The Kier molecular flexibility index (Phi) is 9.85. The van der Waals surface area contributed by atoms with Crippen molar-refractivity contribution in [2.24, 2.45) is 0 Å². The number of anilines is 6. The summed E-state index contributed by atoms with van der Waals surface area (Å²) in [5, 5.41) is 2.27. The number of pyridine rings is 2. The molecular formula is C50H41N5S2. The lowest BCUT2D eigenvalue weighted by Crippen LogP contribution is -2.23. The third-order valence-electron chi connectivity index (χ3n) is 9.99. The van der Waals surface area contributed by atoms with Crippen LogP contribution in [0.2, 0.25) is 0 Å². The Balaban J connectivity index is 1.07. The van der Waals surface area contributed by atoms with Crippen molar-refractivity contribution in [3.05, 3.63) is 195 Å². The average molecular weight is 776 g/mol. The summed E-state index contributed by atoms with van der Waals surface area (Å²) in [5.74, 6) is 0. The van der Waals surface area contributed by atoms with E-state index in [0.29, 0.717) is 0 Å². The molecule has 9 rings (SSSR count). The van der Waals surface area contributed by atoms with Crippen LogP contribution in [0.1, 0.15) is 20.8 Å². The zero-order valence-corrected chi connectivity index (χ0v) is 33.7. The van der Waals surface area contributed by atoms with Gasteiger partial charge >= 0.3 is 0 Å². The van der Waals surface area contributed by atoms with Gasteiger partial charge in [-0.25, -0.2) is 0 Å². The SMILES string of the molecule is CC(C)(C)n1c(-c2ccc(N(c3ccncc3)c3ccc(-c4ccccc4)cc3)s2)ccc1-c1ccc(N(c2ccncc2)c2ccc(-c3ccccc3)cc2)s1. The van der Waals surface area contributed by atoms with E-state index >= 15 is 0 Å². The molecule has 0 saturated heterocycles. The Bertz CT molecular complexity index is 2510. The van der Waals surface area contributed by atoms with Crippen molar-refractivity contribution in [3.8, 4) is 43.4 Å². The summed E-state index contributed by atoms with van der Waals surface area (Å²) in [6, 6.07) is 60.5. The van der Waals surface area contributed by atoms with Gasteiger partial charge in [0.25, 0.3) is 0 Å². The van der Waals surface area contributed by atoms with Gasteiger partial charge in [-0.2, -0.15) is 0 Å². The van der Waals surface area contributed by atoms with Crippen LogP contribution in [0.4, 0.5) is 32.8 Å². The standard InChI is InChI=1S/C50H41N5S2/c1-50(2,3)55-44(46-24-26-48(56-46)53(42-28-32-51-33-29-42)40-18-14-38(15-19-40)36-10-6-4-7-11-36)22-23-45(55)47-25-27-49(57-47)54(43-30-34-52-35-31-43)41-20-16-39(17-21-41)37-12-8-5-9-13-37/h4-35H,1-3H3. The topological polar surface area (TPSA) is 37.2 Å². The lowest BCUT2D eigenvalue weighted by molar-refractivity contribution is 0.407. The molecule has 0 bridgehead atoms. The Morgan fingerprint density at radius 1 is 0.386 bits per heavy atom. The molecule has 0 amide bonds. The van der Waals surface area contributed by atoms with Crippen LogP contribution >= 0.6 is 22.7 Å². The molecule has 0 aliphatic heterocycles. The summed E-state index contributed by atoms with van der Waals surface area (Å²) in [5.41, 5.74) is 11.3. The maximum absolute atomic E-state index is 4.32. The molecule has 7 heteroatoms. The second kappa shape index (κ2) is 15.5. The van der Waals surface area contributed by atoms with Gasteiger partial charge in [0.1, 0.15) is 10.0 Å². The van der Waals surface area contributed by atoms with E-state index in [9.17, 15) is 0 Å². The van der Waals surface area contributed by atoms with Crippen LogP contribution in [-0.4, -0.2) is 14.5 Å². The molecule has 0 atom stereocenters. The number of hydrogen-bond acceptors (Lipinski definition) is 6. The quantitative estimate of drug-likeness (QED) is 0.139. The van der Waals surface area contributed by atoms with Crippen molar-refractivity contribution in [2.75, 3.05) is 9.80 Å². The number of rotatable bonds is 10. The summed E-state index contributed by atoms with van der Waals surface area (Å²) in [4.78, 5) is 15.7. The first-order chi connectivity index (χ1) is 27.9. The summed E-state index contributed by atoms with van der Waals surface area (Å²) >= 11 is 3.60. The third-order valence-corrected chi connectivity index (χ3v) is 12.2. The van der Waals surface area contributed by atoms with Crippen molar-refractivity contribution < 1.29 is 0 Å². The molecule has 0 fully saturated rings. The van der Waals surface area contributed by atoms with Crippen molar-refractivity contribution in [2.45, 2.75) is 26.3 Å². The molecule has 57 heavy (non-hydrogen) atoms. The Labute approximate surface area is 342 Å². The highest BCUT2D eigenvalue weighted by Gasteiger charge is 2.26. The van der Waals surface area contributed by atoms with E-state index in [1.807, 2.05) is 24.8 Å². The highest BCUT2D eigenvalue weighted by Crippen LogP contribution is 2.47. The Hall–Kier alpha value is -6.54. The Morgan fingerprint density at radius 3 is 1.11 bits per heavy atom. The van der Waals surface area contributed by atoms with Gasteiger partial charge in [-0.1, -0.05) is 84.9 Å². The van der Waals surface area contributed by atoms with Gasteiger partial charge in [0.2, 0.25) is 0 Å². The minimum Gasteiger partial charge on any atom is -0.334 e. The molecule has 5 aromatic heterocycles. The van der Waals surface area contributed by atoms with Gasteiger partial charge in [0, 0.05) is 53.1 Å². The molecule has 0 unspecified atom stereocenters. The minimum absolute atomic E-state index is 0.182. The van der Waals surface area contributed by atoms with Crippen LogP contribution in [0.25, 0.3) is 43.4 Å². The predicted molar refractivity (Wildman–Crippen MR) is 242 cm³/mol. The summed E-state index contributed by atoms with van der Waals surface area (Å²) < 4.78 is 2.50. The zero-order valence-electron chi connectivity index (χ0n) is 32.0. The van der Waals surface area contributed by atoms with E-state index in [1.54, 1.807) is 22.7 Å². The second-order valence-corrected chi connectivity index (χ2v) is 16.9. The van der Waals surface area contributed by atoms with Crippen molar-refractivity contribution >= 4 is 55.4 Å². The fraction of sp³-hybridized carbons (Fsp3) is 0.0800. The molecule has 0 aliphatic carbocycles. The first kappa shape index (κ1) is 36.1. The van der Waals surface area contributed by atoms with Gasteiger partial charge in [-0.15, -0.1) is 22.7 Å². The molecule has 0 radical (unpaired) electrons. The van der Waals surface area contributed by atoms with Crippen LogP contribution in [0, 0.1) is 0 Å². The third kappa shape index (κ3) is 7.43. The number of nitrogens with zero attached hydrogens (tertiary/aromatic N) is 5. The number of benzene rings is 4. The van der Waals surface area contributed by atoms with Crippen LogP contribution in [0.15, 0.2) is 195 Å². The first-order valence-corrected chi connectivity index (χ1v) is 20.7. The maximum Gasteiger partial charge on any atom is 0.101 e. The van der Waals surface area contributed by atoms with E-state index in [2.05, 4.69) is 215 Å². The van der Waals surface area contributed by atoms with Gasteiger partial charge in [-0.3, -0.25) is 9.97 Å². The molecule has 0 aliphatic rings. The number of aromatic nitrogens is 3. The molecule has 9 aromatic rings. The molecule has 5 nitrogen and oxygen atoms in total. The van der Waals surface area contributed by atoms with E-state index in [4.69, 9.17) is 0 Å². The van der Waals surface area contributed by atoms with Crippen molar-refractivity contribution in [3.63, 3.8) is 0 Å². The molecule has 0 saturated carbocycles. The molecule has 0 spiro atoms. The Morgan fingerprint density at radius 2 is 0.737 bits per heavy atom. The number of thiophene rings is 2. The van der Waals surface area contributed by atoms with Crippen LogP contribution in [0.5, 0.6) is 0 Å².